The van der Waals surface area contributed by atoms with Crippen molar-refractivity contribution in [1.82, 2.24) is 10.3 Å². The van der Waals surface area contributed by atoms with Crippen LogP contribution in [0.4, 0.5) is 0 Å². The second kappa shape index (κ2) is 6.35. The van der Waals surface area contributed by atoms with Gasteiger partial charge in [-0.1, -0.05) is 13.8 Å². The van der Waals surface area contributed by atoms with E-state index in [4.69, 9.17) is 5.11 Å². The van der Waals surface area contributed by atoms with Crippen molar-refractivity contribution >= 4 is 5.91 Å². The monoisotopic (exact) mass is 252 g/mol. The van der Waals surface area contributed by atoms with Crippen LogP contribution in [0.15, 0.2) is 18.5 Å². The number of hydrogen-bond acceptors (Lipinski definition) is 4. The van der Waals surface area contributed by atoms with Gasteiger partial charge in [-0.2, -0.15) is 0 Å². The van der Waals surface area contributed by atoms with Gasteiger partial charge in [0.25, 0.3) is 5.91 Å². The standard InChI is InChI=1S/C13H20N2O3/c1-13(2,5-3-7-16)9-15-12(18)10-4-6-14-8-11(10)17/h4,6,8,16-17H,3,5,7,9H2,1-2H3,(H,15,18). The maximum Gasteiger partial charge on any atom is 0.255 e. The number of aromatic nitrogens is 1. The summed E-state index contributed by atoms with van der Waals surface area (Å²) in [6, 6.07) is 1.48. The maximum atomic E-state index is 11.8. The zero-order chi connectivity index (χ0) is 13.6. The molecule has 1 rings (SSSR count). The molecule has 0 aliphatic carbocycles. The minimum Gasteiger partial charge on any atom is -0.505 e. The van der Waals surface area contributed by atoms with Crippen LogP contribution < -0.4 is 5.32 Å². The highest BCUT2D eigenvalue weighted by Gasteiger charge is 2.19. The molecule has 0 unspecified atom stereocenters. The number of pyridine rings is 1. The van der Waals surface area contributed by atoms with Crippen molar-refractivity contribution in [3.8, 4) is 5.75 Å². The van der Waals surface area contributed by atoms with Gasteiger partial charge in [-0.3, -0.25) is 9.78 Å². The molecule has 1 aromatic rings. The molecule has 0 fully saturated rings. The van der Waals surface area contributed by atoms with Crippen molar-refractivity contribution in [3.05, 3.63) is 24.0 Å². The first-order valence-corrected chi connectivity index (χ1v) is 5.98. The number of nitrogens with zero attached hydrogens (tertiary/aromatic N) is 1. The Labute approximate surface area is 107 Å². The molecule has 0 saturated heterocycles. The van der Waals surface area contributed by atoms with Crippen molar-refractivity contribution in [1.29, 1.82) is 0 Å². The fourth-order valence-corrected chi connectivity index (χ4v) is 1.64. The number of carbonyl (C=O) groups excluding carboxylic acids is 1. The molecule has 100 valence electrons. The number of aliphatic hydroxyl groups is 1. The van der Waals surface area contributed by atoms with Crippen molar-refractivity contribution in [3.63, 3.8) is 0 Å². The molecule has 1 heterocycles. The number of aliphatic hydroxyl groups excluding tert-OH is 1. The van der Waals surface area contributed by atoms with Crippen molar-refractivity contribution in [2.45, 2.75) is 26.7 Å². The van der Waals surface area contributed by atoms with Gasteiger partial charge >= 0.3 is 0 Å². The zero-order valence-corrected chi connectivity index (χ0v) is 10.8. The van der Waals surface area contributed by atoms with E-state index in [1.807, 2.05) is 13.8 Å². The van der Waals surface area contributed by atoms with E-state index in [0.29, 0.717) is 13.0 Å². The molecule has 1 aromatic heterocycles. The third-order valence-electron chi connectivity index (χ3n) is 2.78. The first-order chi connectivity index (χ1) is 8.46. The van der Waals surface area contributed by atoms with Gasteiger partial charge in [0.1, 0.15) is 5.75 Å². The molecule has 0 aliphatic heterocycles. The molecule has 0 spiro atoms. The van der Waals surface area contributed by atoms with Crippen LogP contribution in [0.5, 0.6) is 5.75 Å². The highest BCUT2D eigenvalue weighted by molar-refractivity contribution is 5.96. The summed E-state index contributed by atoms with van der Waals surface area (Å²) < 4.78 is 0. The number of aromatic hydroxyl groups is 1. The average Bonchev–Trinajstić information content (AvgIpc) is 2.34. The molecule has 5 heteroatoms. The van der Waals surface area contributed by atoms with Crippen LogP contribution in [0.3, 0.4) is 0 Å². The number of hydrogen-bond donors (Lipinski definition) is 3. The predicted octanol–water partition coefficient (Wildman–Crippen LogP) is 1.32. The minimum absolute atomic E-state index is 0.0823. The van der Waals surface area contributed by atoms with E-state index in [0.717, 1.165) is 6.42 Å². The van der Waals surface area contributed by atoms with Crippen molar-refractivity contribution in [2.24, 2.45) is 5.41 Å². The molecular weight excluding hydrogens is 232 g/mol. The Morgan fingerprint density at radius 1 is 1.50 bits per heavy atom. The van der Waals surface area contributed by atoms with Gasteiger partial charge in [0.2, 0.25) is 0 Å². The highest BCUT2D eigenvalue weighted by atomic mass is 16.3. The van der Waals surface area contributed by atoms with Crippen LogP contribution in [0.2, 0.25) is 0 Å². The van der Waals surface area contributed by atoms with Crippen LogP contribution in [-0.2, 0) is 0 Å². The summed E-state index contributed by atoms with van der Waals surface area (Å²) in [4.78, 5) is 15.6. The molecular formula is C13H20N2O3. The van der Waals surface area contributed by atoms with Gasteiger partial charge in [0, 0.05) is 19.3 Å². The Morgan fingerprint density at radius 3 is 2.83 bits per heavy atom. The summed E-state index contributed by atoms with van der Waals surface area (Å²) in [7, 11) is 0. The Kier molecular flexibility index (Phi) is 5.09. The number of amides is 1. The second-order valence-corrected chi connectivity index (χ2v) is 5.07. The summed E-state index contributed by atoms with van der Waals surface area (Å²) in [5.41, 5.74) is 0.143. The SMILES string of the molecule is CC(C)(CCCO)CNC(=O)c1ccncc1O. The Bertz CT molecular complexity index is 405. The molecule has 1 amide bonds. The topological polar surface area (TPSA) is 82.5 Å². The summed E-state index contributed by atoms with van der Waals surface area (Å²) in [6.07, 6.45) is 4.24. The third kappa shape index (κ3) is 4.33. The Balaban J connectivity index is 2.54. The lowest BCUT2D eigenvalue weighted by molar-refractivity contribution is 0.0930. The lowest BCUT2D eigenvalue weighted by Gasteiger charge is -2.24. The lowest BCUT2D eigenvalue weighted by Crippen LogP contribution is -2.34. The smallest absolute Gasteiger partial charge is 0.255 e. The van der Waals surface area contributed by atoms with E-state index >= 15 is 0 Å². The van der Waals surface area contributed by atoms with Gasteiger partial charge < -0.3 is 15.5 Å². The molecule has 0 saturated carbocycles. The summed E-state index contributed by atoms with van der Waals surface area (Å²) in [6.45, 7) is 4.70. The van der Waals surface area contributed by atoms with E-state index in [1.165, 1.54) is 18.5 Å². The predicted molar refractivity (Wildman–Crippen MR) is 68.3 cm³/mol. The molecule has 0 atom stereocenters. The van der Waals surface area contributed by atoms with Crippen LogP contribution in [0, 0.1) is 5.41 Å². The molecule has 5 nitrogen and oxygen atoms in total. The number of rotatable bonds is 6. The fourth-order valence-electron chi connectivity index (χ4n) is 1.64. The van der Waals surface area contributed by atoms with E-state index in [1.54, 1.807) is 0 Å². The zero-order valence-electron chi connectivity index (χ0n) is 10.8. The third-order valence-corrected chi connectivity index (χ3v) is 2.78. The van der Waals surface area contributed by atoms with E-state index < -0.39 is 0 Å². The van der Waals surface area contributed by atoms with Crippen molar-refractivity contribution < 1.29 is 15.0 Å². The summed E-state index contributed by atoms with van der Waals surface area (Å²) in [5.74, 6) is -0.435. The van der Waals surface area contributed by atoms with E-state index in [2.05, 4.69) is 10.3 Å². The quantitative estimate of drug-likeness (QED) is 0.713. The van der Waals surface area contributed by atoms with Gasteiger partial charge in [-0.15, -0.1) is 0 Å². The second-order valence-electron chi connectivity index (χ2n) is 5.07. The molecule has 18 heavy (non-hydrogen) atoms. The molecule has 0 radical (unpaired) electrons. The van der Waals surface area contributed by atoms with Crippen LogP contribution in [0.25, 0.3) is 0 Å². The first kappa shape index (κ1) is 14.4. The molecule has 0 aromatic carbocycles. The first-order valence-electron chi connectivity index (χ1n) is 5.98. The number of nitrogens with one attached hydrogen (secondary N) is 1. The van der Waals surface area contributed by atoms with Gasteiger partial charge in [-0.25, -0.2) is 0 Å². The van der Waals surface area contributed by atoms with Gasteiger partial charge in [0.05, 0.1) is 11.8 Å². The van der Waals surface area contributed by atoms with E-state index in [9.17, 15) is 9.90 Å². The molecule has 0 bridgehead atoms. The van der Waals surface area contributed by atoms with Gasteiger partial charge in [-0.05, 0) is 24.3 Å². The maximum absolute atomic E-state index is 11.8. The van der Waals surface area contributed by atoms with Crippen LogP contribution in [-0.4, -0.2) is 34.3 Å². The minimum atomic E-state index is -0.313. The average molecular weight is 252 g/mol. The Morgan fingerprint density at radius 2 is 2.22 bits per heavy atom. The fraction of sp³-hybridized carbons (Fsp3) is 0.538. The van der Waals surface area contributed by atoms with E-state index in [-0.39, 0.29) is 29.2 Å². The summed E-state index contributed by atoms with van der Waals surface area (Å²) >= 11 is 0. The highest BCUT2D eigenvalue weighted by Crippen LogP contribution is 2.21. The largest absolute Gasteiger partial charge is 0.505 e. The summed E-state index contributed by atoms with van der Waals surface area (Å²) in [5, 5.41) is 21.1. The lowest BCUT2D eigenvalue weighted by atomic mass is 9.88. The normalized spacial score (nSPS) is 11.3. The molecule has 0 aliphatic rings. The van der Waals surface area contributed by atoms with Crippen molar-refractivity contribution in [2.75, 3.05) is 13.2 Å². The van der Waals surface area contributed by atoms with Crippen LogP contribution >= 0.6 is 0 Å². The Hall–Kier alpha value is -1.62. The molecule has 3 N–H and O–H groups in total. The number of carbonyl (C=O) groups is 1. The van der Waals surface area contributed by atoms with Gasteiger partial charge in [0.15, 0.2) is 0 Å². The van der Waals surface area contributed by atoms with Crippen LogP contribution in [0.1, 0.15) is 37.0 Å².